The average Bonchev–Trinajstić information content (AvgIpc) is 3.01. The van der Waals surface area contributed by atoms with Gasteiger partial charge in [0, 0.05) is 18.7 Å². The Labute approximate surface area is 252 Å². The van der Waals surface area contributed by atoms with Crippen molar-refractivity contribution in [3.05, 3.63) is 143 Å². The second-order valence-corrected chi connectivity index (χ2v) is 11.3. The fourth-order valence-corrected chi connectivity index (χ4v) is 4.91. The third-order valence-electron chi connectivity index (χ3n) is 7.10. The van der Waals surface area contributed by atoms with Gasteiger partial charge >= 0.3 is 0 Å². The summed E-state index contributed by atoms with van der Waals surface area (Å²) in [5.74, 6) is 1.35. The van der Waals surface area contributed by atoms with Crippen LogP contribution in [0, 0.1) is 0 Å². The minimum absolute atomic E-state index is 0.403. The predicted octanol–water partition coefficient (Wildman–Crippen LogP) is 7.55. The van der Waals surface area contributed by atoms with Crippen molar-refractivity contribution in [3.63, 3.8) is 0 Å². The summed E-state index contributed by atoms with van der Waals surface area (Å²) in [7, 11) is 2.70. The van der Waals surface area contributed by atoms with Crippen LogP contribution in [0.2, 0.25) is 0 Å². The quantitative estimate of drug-likeness (QED) is 0.103. The van der Waals surface area contributed by atoms with E-state index in [2.05, 4.69) is 57.1 Å². The van der Waals surface area contributed by atoms with Gasteiger partial charge in [0.25, 0.3) is 0 Å². The fraction of sp³-hybridized carbons (Fsp3) is 0.250. The van der Waals surface area contributed by atoms with Crippen molar-refractivity contribution in [1.82, 2.24) is 4.90 Å². The highest BCUT2D eigenvalue weighted by Crippen LogP contribution is 2.22. The second-order valence-electron chi connectivity index (χ2n) is 10.5. The van der Waals surface area contributed by atoms with E-state index in [0.29, 0.717) is 18.8 Å². The number of amides is 1. The molecule has 0 heterocycles. The van der Waals surface area contributed by atoms with Crippen LogP contribution in [-0.2, 0) is 26.2 Å². The maximum Gasteiger partial charge on any atom is 0.248 e. The molecule has 42 heavy (non-hydrogen) atoms. The molecule has 1 atom stereocenters. The molecule has 0 aliphatic rings. The van der Waals surface area contributed by atoms with Crippen LogP contribution in [0.3, 0.4) is 0 Å². The van der Waals surface area contributed by atoms with E-state index in [9.17, 15) is 4.79 Å². The lowest BCUT2D eigenvalue weighted by molar-refractivity contribution is 0.1000. The van der Waals surface area contributed by atoms with E-state index in [1.165, 1.54) is 5.56 Å². The van der Waals surface area contributed by atoms with Crippen LogP contribution < -0.4 is 15.2 Å². The van der Waals surface area contributed by atoms with Crippen molar-refractivity contribution >= 4 is 15.1 Å². The van der Waals surface area contributed by atoms with E-state index in [1.54, 1.807) is 12.1 Å². The molecule has 5 nitrogen and oxygen atoms in total. The van der Waals surface area contributed by atoms with Crippen LogP contribution in [0.4, 0.5) is 0 Å². The summed E-state index contributed by atoms with van der Waals surface area (Å²) in [6, 6.07) is 34.1. The number of hydrogen-bond acceptors (Lipinski definition) is 4. The lowest BCUT2D eigenvalue weighted by Gasteiger charge is -2.23. The number of primary amides is 1. The van der Waals surface area contributed by atoms with Crippen LogP contribution >= 0.6 is 9.24 Å². The molecule has 0 aliphatic carbocycles. The first kappa shape index (κ1) is 31.0. The summed E-state index contributed by atoms with van der Waals surface area (Å²) in [4.78, 5) is 13.9. The number of rotatable bonds is 17. The molecule has 0 aliphatic heterocycles. The Balaban J connectivity index is 1.33. The Morgan fingerprint density at radius 2 is 1.38 bits per heavy atom. The predicted molar refractivity (Wildman–Crippen MR) is 175 cm³/mol. The first-order valence-electron chi connectivity index (χ1n) is 14.5. The van der Waals surface area contributed by atoms with Crippen LogP contribution in [0.15, 0.2) is 115 Å². The van der Waals surface area contributed by atoms with E-state index < -0.39 is 5.91 Å². The van der Waals surface area contributed by atoms with Crippen molar-refractivity contribution in [1.29, 1.82) is 0 Å². The molecule has 0 bridgehead atoms. The van der Waals surface area contributed by atoms with Crippen LogP contribution in [0.1, 0.15) is 51.9 Å². The van der Waals surface area contributed by atoms with Crippen LogP contribution in [0.25, 0.3) is 0 Å². The summed E-state index contributed by atoms with van der Waals surface area (Å²) in [5.41, 5.74) is 10.5. The van der Waals surface area contributed by atoms with Gasteiger partial charge in [0.1, 0.15) is 24.7 Å². The second kappa shape index (κ2) is 16.5. The van der Waals surface area contributed by atoms with E-state index in [4.69, 9.17) is 15.2 Å². The molecule has 0 saturated heterocycles. The summed E-state index contributed by atoms with van der Waals surface area (Å²) in [6.45, 7) is 7.73. The molecule has 0 saturated carbocycles. The van der Waals surface area contributed by atoms with Crippen molar-refractivity contribution < 1.29 is 14.3 Å². The lowest BCUT2D eigenvalue weighted by Crippen LogP contribution is -2.27. The van der Waals surface area contributed by atoms with Gasteiger partial charge < -0.3 is 15.2 Å². The molecule has 0 fully saturated rings. The molecule has 4 aromatic carbocycles. The number of hydrogen-bond donors (Lipinski definition) is 1. The zero-order chi connectivity index (χ0) is 29.6. The third-order valence-corrected chi connectivity index (χ3v) is 7.39. The number of nitrogens with zero attached hydrogens (tertiary/aromatic N) is 1. The number of para-hydroxylation sites is 1. The fourth-order valence-electron chi connectivity index (χ4n) is 4.70. The molecule has 0 aromatic heterocycles. The van der Waals surface area contributed by atoms with E-state index in [-0.39, 0.29) is 0 Å². The maximum absolute atomic E-state index is 11.5. The molecule has 6 heteroatoms. The van der Waals surface area contributed by atoms with Gasteiger partial charge in [-0.05, 0) is 84.8 Å². The standard InChI is InChI=1S/C36H41N2O3P/c1-28(42)9-7-8-23-38(25-29-14-18-33(19-15-29)36(37)39)24-22-32-12-5-6-13-35(32)41-27-31-16-20-34(21-17-31)40-26-30-10-3-2-4-11-30/h2-6,10-21H,1,7-9,22-27,42H2,(H2,37,39). The Morgan fingerprint density at radius 1 is 0.738 bits per heavy atom. The smallest absolute Gasteiger partial charge is 0.248 e. The van der Waals surface area contributed by atoms with Gasteiger partial charge in [0.15, 0.2) is 0 Å². The Morgan fingerprint density at radius 3 is 2.10 bits per heavy atom. The molecule has 1 amide bonds. The van der Waals surface area contributed by atoms with Crippen molar-refractivity contribution in [3.8, 4) is 11.5 Å². The average molecular weight is 581 g/mol. The lowest BCUT2D eigenvalue weighted by atomic mass is 10.1. The highest BCUT2D eigenvalue weighted by molar-refractivity contribution is 7.22. The molecule has 218 valence electrons. The summed E-state index contributed by atoms with van der Waals surface area (Å²) in [6.07, 6.45) is 4.09. The molecule has 0 spiro atoms. The largest absolute Gasteiger partial charge is 0.489 e. The highest BCUT2D eigenvalue weighted by atomic mass is 31.0. The van der Waals surface area contributed by atoms with Gasteiger partial charge in [0.05, 0.1) is 0 Å². The van der Waals surface area contributed by atoms with E-state index >= 15 is 0 Å². The van der Waals surface area contributed by atoms with Crippen molar-refractivity contribution in [2.45, 2.75) is 45.4 Å². The number of nitrogens with two attached hydrogens (primary N) is 1. The third kappa shape index (κ3) is 10.5. The van der Waals surface area contributed by atoms with Crippen LogP contribution in [-0.4, -0.2) is 23.9 Å². The van der Waals surface area contributed by atoms with Gasteiger partial charge in [-0.25, -0.2) is 0 Å². The van der Waals surface area contributed by atoms with Crippen molar-refractivity contribution in [2.75, 3.05) is 13.1 Å². The van der Waals surface area contributed by atoms with Gasteiger partial charge in [0.2, 0.25) is 5.91 Å². The molecule has 0 radical (unpaired) electrons. The topological polar surface area (TPSA) is 64.8 Å². The molecule has 4 rings (SSSR count). The zero-order valence-corrected chi connectivity index (χ0v) is 25.4. The number of unbranched alkanes of at least 4 members (excludes halogenated alkanes) is 1. The van der Waals surface area contributed by atoms with Crippen molar-refractivity contribution in [2.24, 2.45) is 5.73 Å². The summed E-state index contributed by atoms with van der Waals surface area (Å²) < 4.78 is 12.2. The number of carbonyl (C=O) groups excluding carboxylic acids is 1. The zero-order valence-electron chi connectivity index (χ0n) is 24.2. The Kier molecular flexibility index (Phi) is 12.2. The summed E-state index contributed by atoms with van der Waals surface area (Å²) >= 11 is 0. The minimum Gasteiger partial charge on any atom is -0.489 e. The molecule has 1 unspecified atom stereocenters. The van der Waals surface area contributed by atoms with E-state index in [1.807, 2.05) is 54.6 Å². The minimum atomic E-state index is -0.403. The molecular formula is C36H41N2O3P. The molecular weight excluding hydrogens is 539 g/mol. The Hall–Kier alpha value is -3.92. The number of ether oxygens (including phenoxy) is 2. The van der Waals surface area contributed by atoms with E-state index in [0.717, 1.165) is 78.8 Å². The highest BCUT2D eigenvalue weighted by Gasteiger charge is 2.11. The number of carbonyl (C=O) groups is 1. The molecule has 4 aromatic rings. The number of benzene rings is 4. The first-order chi connectivity index (χ1) is 20.5. The van der Waals surface area contributed by atoms with Crippen LogP contribution in [0.5, 0.6) is 11.5 Å². The van der Waals surface area contributed by atoms with Gasteiger partial charge in [-0.1, -0.05) is 84.7 Å². The van der Waals surface area contributed by atoms with Gasteiger partial charge in [-0.15, -0.1) is 9.24 Å². The Bertz CT molecular complexity index is 1410. The normalized spacial score (nSPS) is 10.9. The maximum atomic E-state index is 11.5. The van der Waals surface area contributed by atoms with Gasteiger partial charge in [-0.3, -0.25) is 9.69 Å². The van der Waals surface area contributed by atoms with Gasteiger partial charge in [-0.2, -0.15) is 0 Å². The summed E-state index contributed by atoms with van der Waals surface area (Å²) in [5, 5.41) is 1.14. The monoisotopic (exact) mass is 580 g/mol. The molecule has 2 N–H and O–H groups in total. The first-order valence-corrected chi connectivity index (χ1v) is 15.0. The number of allylic oxidation sites excluding steroid dienone is 1. The SMILES string of the molecule is C=C(P)CCCCN(CCc1ccccc1OCc1ccc(OCc2ccccc2)cc1)Cc1ccc(C(N)=O)cc1.